The van der Waals surface area contributed by atoms with Crippen molar-refractivity contribution >= 4 is 21.4 Å². The molecule has 0 unspecified atom stereocenters. The van der Waals surface area contributed by atoms with Crippen molar-refractivity contribution in [3.8, 4) is 0 Å². The fourth-order valence-electron chi connectivity index (χ4n) is 1.86. The van der Waals surface area contributed by atoms with Gasteiger partial charge in [0.05, 0.1) is 6.61 Å². The molecule has 0 saturated carbocycles. The number of aryl methyl sites for hydroxylation is 1. The molecule has 0 spiro atoms. The van der Waals surface area contributed by atoms with Crippen LogP contribution in [0.1, 0.15) is 31.2 Å². The van der Waals surface area contributed by atoms with E-state index < -0.39 is 10.0 Å². The van der Waals surface area contributed by atoms with E-state index in [9.17, 15) is 8.42 Å². The molecule has 0 saturated heterocycles. The Labute approximate surface area is 132 Å². The topological polar surface area (TPSA) is 58.6 Å². The zero-order valence-electron chi connectivity index (χ0n) is 13.5. The fraction of sp³-hybridized carbons (Fsp3) is 0.714. The van der Waals surface area contributed by atoms with E-state index in [4.69, 9.17) is 4.74 Å². The van der Waals surface area contributed by atoms with Crippen molar-refractivity contribution in [3.05, 3.63) is 16.5 Å². The van der Waals surface area contributed by atoms with Crippen LogP contribution in [0, 0.1) is 6.92 Å². The fourth-order valence-corrected chi connectivity index (χ4v) is 4.98. The highest BCUT2D eigenvalue weighted by atomic mass is 32.2. The highest BCUT2D eigenvalue weighted by Crippen LogP contribution is 2.28. The summed E-state index contributed by atoms with van der Waals surface area (Å²) >= 11 is 1.35. The number of hydrogen-bond acceptors (Lipinski definition) is 5. The summed E-state index contributed by atoms with van der Waals surface area (Å²) in [6.07, 6.45) is 0. The Morgan fingerprint density at radius 3 is 2.62 bits per heavy atom. The van der Waals surface area contributed by atoms with Gasteiger partial charge >= 0.3 is 0 Å². The van der Waals surface area contributed by atoms with Gasteiger partial charge in [0.2, 0.25) is 0 Å². The zero-order chi connectivity index (χ0) is 16.0. The van der Waals surface area contributed by atoms with Gasteiger partial charge in [-0.15, -0.1) is 11.3 Å². The average Bonchev–Trinajstić information content (AvgIpc) is 2.79. The maximum absolute atomic E-state index is 12.6. The summed E-state index contributed by atoms with van der Waals surface area (Å²) in [5.74, 6) is 0. The number of methoxy groups -OCH3 is 1. The van der Waals surface area contributed by atoms with Crippen molar-refractivity contribution in [3.63, 3.8) is 0 Å². The van der Waals surface area contributed by atoms with Gasteiger partial charge in [-0.05, 0) is 18.6 Å². The Balaban J connectivity index is 2.95. The molecule has 1 aromatic heterocycles. The molecule has 1 heterocycles. The first-order chi connectivity index (χ1) is 9.82. The number of sulfonamides is 1. The van der Waals surface area contributed by atoms with Gasteiger partial charge in [-0.2, -0.15) is 4.31 Å². The van der Waals surface area contributed by atoms with Crippen molar-refractivity contribution in [2.75, 3.05) is 26.8 Å². The Bertz CT molecular complexity index is 538. The van der Waals surface area contributed by atoms with E-state index in [-0.39, 0.29) is 0 Å². The minimum Gasteiger partial charge on any atom is -0.383 e. The summed E-state index contributed by atoms with van der Waals surface area (Å²) in [7, 11) is -1.84. The predicted molar refractivity (Wildman–Crippen MR) is 87.3 cm³/mol. The van der Waals surface area contributed by atoms with E-state index in [1.807, 2.05) is 13.8 Å². The van der Waals surface area contributed by atoms with Gasteiger partial charge in [-0.3, -0.25) is 0 Å². The van der Waals surface area contributed by atoms with Crippen LogP contribution < -0.4 is 5.32 Å². The van der Waals surface area contributed by atoms with Crippen LogP contribution in [0.3, 0.4) is 0 Å². The van der Waals surface area contributed by atoms with Crippen molar-refractivity contribution in [1.82, 2.24) is 9.62 Å². The number of nitrogens with zero attached hydrogens (tertiary/aromatic N) is 1. The maximum Gasteiger partial charge on any atom is 0.252 e. The summed E-state index contributed by atoms with van der Waals surface area (Å²) < 4.78 is 32.1. The van der Waals surface area contributed by atoms with Crippen molar-refractivity contribution in [1.29, 1.82) is 0 Å². The molecule has 5 nitrogen and oxygen atoms in total. The second kappa shape index (κ2) is 8.24. The Morgan fingerprint density at radius 2 is 2.10 bits per heavy atom. The maximum atomic E-state index is 12.6. The van der Waals surface area contributed by atoms with Crippen molar-refractivity contribution in [2.24, 2.45) is 0 Å². The minimum atomic E-state index is -3.42. The molecule has 0 aliphatic carbocycles. The van der Waals surface area contributed by atoms with Gasteiger partial charge in [0.1, 0.15) is 4.21 Å². The second-order valence-electron chi connectivity index (χ2n) is 5.20. The first-order valence-electron chi connectivity index (χ1n) is 7.14. The van der Waals surface area contributed by atoms with Gasteiger partial charge in [0.25, 0.3) is 10.0 Å². The van der Waals surface area contributed by atoms with Crippen LogP contribution in [0.2, 0.25) is 0 Å². The molecule has 0 fully saturated rings. The van der Waals surface area contributed by atoms with Crippen LogP contribution >= 0.6 is 11.3 Å². The molecule has 0 aliphatic rings. The summed E-state index contributed by atoms with van der Waals surface area (Å²) in [5, 5.41) is 3.33. The van der Waals surface area contributed by atoms with Gasteiger partial charge in [-0.25, -0.2) is 8.42 Å². The standard InChI is InChI=1S/C14H26N2O3S2/c1-6-16(7-8-19-5)21(17,18)14-9-12(4)13(20-14)10-15-11(2)3/h9,11,15H,6-8,10H2,1-5H3. The summed E-state index contributed by atoms with van der Waals surface area (Å²) in [5.41, 5.74) is 1.02. The summed E-state index contributed by atoms with van der Waals surface area (Å²) in [6, 6.07) is 2.15. The molecule has 0 aliphatic heterocycles. The van der Waals surface area contributed by atoms with Gasteiger partial charge in [0.15, 0.2) is 0 Å². The van der Waals surface area contributed by atoms with Crippen LogP contribution in [-0.4, -0.2) is 45.6 Å². The molecule has 7 heteroatoms. The number of thiophene rings is 1. The third-order valence-corrected chi connectivity index (χ3v) is 6.82. The molecule has 1 N–H and O–H groups in total. The Hall–Kier alpha value is -0.470. The lowest BCUT2D eigenvalue weighted by Gasteiger charge is -2.18. The largest absolute Gasteiger partial charge is 0.383 e. The zero-order valence-corrected chi connectivity index (χ0v) is 15.1. The molecule has 0 bridgehead atoms. The van der Waals surface area contributed by atoms with Crippen molar-refractivity contribution < 1.29 is 13.2 Å². The van der Waals surface area contributed by atoms with Crippen LogP contribution in [0.15, 0.2) is 10.3 Å². The lowest BCUT2D eigenvalue weighted by Crippen LogP contribution is -2.33. The quantitative estimate of drug-likeness (QED) is 0.752. The molecule has 0 aromatic carbocycles. The third kappa shape index (κ3) is 5.03. The number of likely N-dealkylation sites (N-methyl/N-ethyl adjacent to an activating group) is 1. The van der Waals surface area contributed by atoms with E-state index in [0.29, 0.717) is 36.5 Å². The minimum absolute atomic E-state index is 0.375. The first-order valence-corrected chi connectivity index (χ1v) is 9.40. The lowest BCUT2D eigenvalue weighted by molar-refractivity contribution is 0.180. The van der Waals surface area contributed by atoms with Crippen LogP contribution in [0.4, 0.5) is 0 Å². The smallest absolute Gasteiger partial charge is 0.252 e. The van der Waals surface area contributed by atoms with E-state index in [0.717, 1.165) is 10.4 Å². The monoisotopic (exact) mass is 334 g/mol. The Kier molecular flexibility index (Phi) is 7.29. The van der Waals surface area contributed by atoms with Gasteiger partial charge in [-0.1, -0.05) is 20.8 Å². The molecule has 1 aromatic rings. The predicted octanol–water partition coefficient (Wildman–Crippen LogP) is 2.21. The number of hydrogen-bond donors (Lipinski definition) is 1. The van der Waals surface area contributed by atoms with Crippen LogP contribution in [-0.2, 0) is 21.3 Å². The van der Waals surface area contributed by atoms with Gasteiger partial charge < -0.3 is 10.1 Å². The molecule has 0 radical (unpaired) electrons. The molecule has 21 heavy (non-hydrogen) atoms. The van der Waals surface area contributed by atoms with Crippen LogP contribution in [0.5, 0.6) is 0 Å². The van der Waals surface area contributed by atoms with E-state index in [1.54, 1.807) is 13.2 Å². The van der Waals surface area contributed by atoms with E-state index in [1.165, 1.54) is 15.6 Å². The molecule has 0 amide bonds. The van der Waals surface area contributed by atoms with Crippen LogP contribution in [0.25, 0.3) is 0 Å². The molecule has 0 atom stereocenters. The third-order valence-electron chi connectivity index (χ3n) is 3.16. The highest BCUT2D eigenvalue weighted by Gasteiger charge is 2.25. The Morgan fingerprint density at radius 1 is 1.43 bits per heavy atom. The molecule has 1 rings (SSSR count). The summed E-state index contributed by atoms with van der Waals surface area (Å²) in [6.45, 7) is 9.88. The number of rotatable bonds is 9. The van der Waals surface area contributed by atoms with E-state index in [2.05, 4.69) is 19.2 Å². The highest BCUT2D eigenvalue weighted by molar-refractivity contribution is 7.91. The summed E-state index contributed by atoms with van der Waals surface area (Å²) in [4.78, 5) is 1.07. The average molecular weight is 335 g/mol. The SMILES string of the molecule is CCN(CCOC)S(=O)(=O)c1cc(C)c(CNC(C)C)s1. The molecule has 122 valence electrons. The number of ether oxygens (including phenoxy) is 1. The normalized spacial score (nSPS) is 12.5. The molecular weight excluding hydrogens is 308 g/mol. The van der Waals surface area contributed by atoms with Crippen molar-refractivity contribution in [2.45, 2.75) is 44.5 Å². The lowest BCUT2D eigenvalue weighted by atomic mass is 10.3. The van der Waals surface area contributed by atoms with Gasteiger partial charge in [0, 0.05) is 37.7 Å². The molecular formula is C14H26N2O3S2. The first kappa shape index (κ1) is 18.6. The van der Waals surface area contributed by atoms with E-state index >= 15 is 0 Å². The second-order valence-corrected chi connectivity index (χ2v) is 8.50. The number of nitrogens with one attached hydrogen (secondary N) is 1.